The summed E-state index contributed by atoms with van der Waals surface area (Å²) in [7, 11) is 1.46. The van der Waals surface area contributed by atoms with Crippen molar-refractivity contribution in [3.8, 4) is 0 Å². The monoisotopic (exact) mass is 162 g/mol. The topological polar surface area (TPSA) is 56.7 Å². The van der Waals surface area contributed by atoms with Crippen LogP contribution in [0, 0.1) is 0 Å². The van der Waals surface area contributed by atoms with Crippen LogP contribution >= 0.6 is 0 Å². The summed E-state index contributed by atoms with van der Waals surface area (Å²) in [6, 6.07) is 0. The highest BCUT2D eigenvalue weighted by molar-refractivity contribution is 4.94. The molecule has 1 aromatic heterocycles. The highest BCUT2D eigenvalue weighted by Crippen LogP contribution is 2.15. The average molecular weight is 162 g/mol. The van der Waals surface area contributed by atoms with Gasteiger partial charge >= 0.3 is 0 Å². The molecule has 0 bridgehead atoms. The van der Waals surface area contributed by atoms with Crippen molar-refractivity contribution >= 4 is 0 Å². The molecule has 0 aliphatic heterocycles. The Hall–Kier alpha value is -1.04. The molecular formula is C5H8F2N4. The summed E-state index contributed by atoms with van der Waals surface area (Å²) in [4.78, 5) is 0. The van der Waals surface area contributed by atoms with E-state index in [1.165, 1.54) is 11.6 Å². The van der Waals surface area contributed by atoms with E-state index in [0.29, 0.717) is 5.82 Å². The maximum Gasteiger partial charge on any atom is 0.297 e. The van der Waals surface area contributed by atoms with Crippen LogP contribution in [0.5, 0.6) is 0 Å². The van der Waals surface area contributed by atoms with E-state index in [-0.39, 0.29) is 12.4 Å². The molecule has 0 amide bonds. The van der Waals surface area contributed by atoms with Crippen LogP contribution in [0.3, 0.4) is 0 Å². The fraction of sp³-hybridized carbons (Fsp3) is 0.600. The molecule has 11 heavy (non-hydrogen) atoms. The van der Waals surface area contributed by atoms with Gasteiger partial charge in [-0.05, 0) is 0 Å². The summed E-state index contributed by atoms with van der Waals surface area (Å²) in [5.74, 6) is 0.0192. The van der Waals surface area contributed by atoms with Crippen molar-refractivity contribution in [1.29, 1.82) is 0 Å². The van der Waals surface area contributed by atoms with Gasteiger partial charge < -0.3 is 10.3 Å². The third-order valence-corrected chi connectivity index (χ3v) is 1.38. The predicted octanol–water partition coefficient (Wildman–Crippen LogP) is 0.211. The van der Waals surface area contributed by atoms with Gasteiger partial charge in [0.25, 0.3) is 6.43 Å². The Bertz CT molecular complexity index is 245. The number of hydrogen-bond donors (Lipinski definition) is 1. The van der Waals surface area contributed by atoms with Crippen LogP contribution in [-0.4, -0.2) is 14.8 Å². The molecule has 0 aromatic carbocycles. The van der Waals surface area contributed by atoms with Gasteiger partial charge in [0.15, 0.2) is 5.82 Å². The smallest absolute Gasteiger partial charge is 0.297 e. The standard InChI is InChI=1S/C5H8F2N4/c1-11-3(2-8)9-10-5(11)4(6)7/h4H,2,8H2,1H3. The maximum atomic E-state index is 12.0. The van der Waals surface area contributed by atoms with Crippen molar-refractivity contribution in [2.24, 2.45) is 12.8 Å². The fourth-order valence-corrected chi connectivity index (χ4v) is 0.743. The second-order valence-corrected chi connectivity index (χ2v) is 2.04. The second-order valence-electron chi connectivity index (χ2n) is 2.04. The molecule has 0 radical (unpaired) electrons. The summed E-state index contributed by atoms with van der Waals surface area (Å²) in [6.45, 7) is 0.121. The first kappa shape index (κ1) is 8.06. The Morgan fingerprint density at radius 1 is 1.55 bits per heavy atom. The molecule has 62 valence electrons. The molecule has 0 unspecified atom stereocenters. The first-order valence-electron chi connectivity index (χ1n) is 3.03. The lowest BCUT2D eigenvalue weighted by molar-refractivity contribution is 0.136. The number of alkyl halides is 2. The fourth-order valence-electron chi connectivity index (χ4n) is 0.743. The largest absolute Gasteiger partial charge is 0.324 e. The van der Waals surface area contributed by atoms with E-state index in [2.05, 4.69) is 10.2 Å². The SMILES string of the molecule is Cn1c(CN)nnc1C(F)F. The van der Waals surface area contributed by atoms with Crippen LogP contribution < -0.4 is 5.73 Å². The van der Waals surface area contributed by atoms with Crippen LogP contribution in [0.4, 0.5) is 8.78 Å². The van der Waals surface area contributed by atoms with E-state index in [1.54, 1.807) is 0 Å². The zero-order chi connectivity index (χ0) is 8.43. The maximum absolute atomic E-state index is 12.0. The Kier molecular flexibility index (Phi) is 2.13. The lowest BCUT2D eigenvalue weighted by Gasteiger charge is -1.99. The van der Waals surface area contributed by atoms with E-state index in [9.17, 15) is 8.78 Å². The third kappa shape index (κ3) is 1.35. The number of rotatable bonds is 2. The zero-order valence-corrected chi connectivity index (χ0v) is 5.96. The van der Waals surface area contributed by atoms with Crippen molar-refractivity contribution in [2.45, 2.75) is 13.0 Å². The average Bonchev–Trinajstić information content (AvgIpc) is 2.30. The molecule has 6 heteroatoms. The summed E-state index contributed by atoms with van der Waals surface area (Å²) >= 11 is 0. The minimum absolute atomic E-state index is 0.121. The van der Waals surface area contributed by atoms with Crippen molar-refractivity contribution in [2.75, 3.05) is 0 Å². The van der Waals surface area contributed by atoms with Crippen molar-refractivity contribution in [3.63, 3.8) is 0 Å². The van der Waals surface area contributed by atoms with Gasteiger partial charge in [0, 0.05) is 7.05 Å². The summed E-state index contributed by atoms with van der Waals surface area (Å²) in [5.41, 5.74) is 5.20. The van der Waals surface area contributed by atoms with Gasteiger partial charge in [-0.25, -0.2) is 8.78 Å². The molecule has 0 aliphatic rings. The van der Waals surface area contributed by atoms with Crippen LogP contribution in [0.1, 0.15) is 18.1 Å². The van der Waals surface area contributed by atoms with Gasteiger partial charge in [-0.2, -0.15) is 0 Å². The highest BCUT2D eigenvalue weighted by Gasteiger charge is 2.15. The van der Waals surface area contributed by atoms with Crippen molar-refractivity contribution < 1.29 is 8.78 Å². The van der Waals surface area contributed by atoms with Crippen LogP contribution in [0.2, 0.25) is 0 Å². The Morgan fingerprint density at radius 3 is 2.45 bits per heavy atom. The van der Waals surface area contributed by atoms with E-state index in [4.69, 9.17) is 5.73 Å². The third-order valence-electron chi connectivity index (χ3n) is 1.38. The minimum atomic E-state index is -2.59. The Morgan fingerprint density at radius 2 is 2.18 bits per heavy atom. The first-order valence-corrected chi connectivity index (χ1v) is 3.03. The predicted molar refractivity (Wildman–Crippen MR) is 33.9 cm³/mol. The van der Waals surface area contributed by atoms with Gasteiger partial charge in [-0.1, -0.05) is 0 Å². The molecule has 0 saturated heterocycles. The molecule has 1 heterocycles. The molecule has 2 N–H and O–H groups in total. The lowest BCUT2D eigenvalue weighted by Crippen LogP contribution is -2.07. The molecule has 0 aliphatic carbocycles. The zero-order valence-electron chi connectivity index (χ0n) is 5.96. The van der Waals surface area contributed by atoms with E-state index in [0.717, 1.165) is 0 Å². The number of nitrogens with two attached hydrogens (primary N) is 1. The minimum Gasteiger partial charge on any atom is -0.324 e. The number of halogens is 2. The normalized spacial score (nSPS) is 11.0. The molecule has 0 saturated carbocycles. The van der Waals surface area contributed by atoms with Gasteiger partial charge in [0.2, 0.25) is 0 Å². The Balaban J connectivity index is 3.00. The van der Waals surface area contributed by atoms with E-state index < -0.39 is 6.43 Å². The van der Waals surface area contributed by atoms with Crippen LogP contribution in [0.15, 0.2) is 0 Å². The summed E-state index contributed by atoms with van der Waals surface area (Å²) in [5, 5.41) is 6.73. The van der Waals surface area contributed by atoms with Gasteiger partial charge in [0.05, 0.1) is 6.54 Å². The first-order chi connectivity index (χ1) is 5.16. The number of nitrogens with zero attached hydrogens (tertiary/aromatic N) is 3. The number of hydrogen-bond acceptors (Lipinski definition) is 3. The Labute approximate surface area is 62.0 Å². The molecule has 0 spiro atoms. The summed E-state index contributed by atoms with van der Waals surface area (Å²) in [6.07, 6.45) is -2.59. The molecule has 0 atom stereocenters. The van der Waals surface area contributed by atoms with Gasteiger partial charge in [-0.3, -0.25) is 0 Å². The molecule has 1 rings (SSSR count). The van der Waals surface area contributed by atoms with Crippen LogP contribution in [-0.2, 0) is 13.6 Å². The molecule has 0 fully saturated rings. The van der Waals surface area contributed by atoms with E-state index in [1.807, 2.05) is 0 Å². The van der Waals surface area contributed by atoms with E-state index >= 15 is 0 Å². The second kappa shape index (κ2) is 2.91. The molecular weight excluding hydrogens is 154 g/mol. The molecule has 4 nitrogen and oxygen atoms in total. The van der Waals surface area contributed by atoms with Crippen molar-refractivity contribution in [3.05, 3.63) is 11.6 Å². The molecule has 1 aromatic rings. The van der Waals surface area contributed by atoms with Crippen LogP contribution in [0.25, 0.3) is 0 Å². The van der Waals surface area contributed by atoms with Crippen molar-refractivity contribution in [1.82, 2.24) is 14.8 Å². The van der Waals surface area contributed by atoms with Gasteiger partial charge in [-0.15, -0.1) is 10.2 Å². The lowest BCUT2D eigenvalue weighted by atomic mass is 10.5. The number of aromatic nitrogens is 3. The quantitative estimate of drug-likeness (QED) is 0.676. The highest BCUT2D eigenvalue weighted by atomic mass is 19.3. The summed E-state index contributed by atoms with van der Waals surface area (Å²) < 4.78 is 25.2. The van der Waals surface area contributed by atoms with Gasteiger partial charge in [0.1, 0.15) is 5.82 Å².